The normalized spacial score (nSPS) is 21.5. The van der Waals surface area contributed by atoms with Crippen LogP contribution in [-0.4, -0.2) is 5.97 Å². The summed E-state index contributed by atoms with van der Waals surface area (Å²) in [6.45, 7) is 0. The minimum atomic E-state index is -0.172. The van der Waals surface area contributed by atoms with Crippen LogP contribution in [0.15, 0.2) is 20.3 Å². The summed E-state index contributed by atoms with van der Waals surface area (Å²) in [6, 6.07) is 0. The van der Waals surface area contributed by atoms with Crippen molar-refractivity contribution in [1.29, 1.82) is 0 Å². The van der Waals surface area contributed by atoms with E-state index in [0.29, 0.717) is 5.76 Å². The van der Waals surface area contributed by atoms with Crippen molar-refractivity contribution < 1.29 is 9.53 Å². The first-order valence-electron chi connectivity index (χ1n) is 3.70. The Morgan fingerprint density at radius 2 is 1.92 bits per heavy atom. The third-order valence-corrected chi connectivity index (χ3v) is 2.82. The van der Waals surface area contributed by atoms with Gasteiger partial charge in [-0.05, 0) is 51.1 Å². The van der Waals surface area contributed by atoms with Crippen LogP contribution in [0.2, 0.25) is 0 Å². The summed E-state index contributed by atoms with van der Waals surface area (Å²) in [4.78, 5) is 11.2. The lowest BCUT2D eigenvalue weighted by atomic mass is 10.2. The van der Waals surface area contributed by atoms with Gasteiger partial charge in [0.05, 0.1) is 0 Å². The highest BCUT2D eigenvalue weighted by atomic mass is 79.9. The molecule has 1 aliphatic heterocycles. The van der Waals surface area contributed by atoms with Crippen LogP contribution in [0.4, 0.5) is 0 Å². The fourth-order valence-corrected chi connectivity index (χ4v) is 2.23. The van der Waals surface area contributed by atoms with Crippen molar-refractivity contribution in [2.24, 2.45) is 0 Å². The van der Waals surface area contributed by atoms with Gasteiger partial charge in [0.15, 0.2) is 5.76 Å². The topological polar surface area (TPSA) is 26.3 Å². The van der Waals surface area contributed by atoms with Crippen molar-refractivity contribution in [2.75, 3.05) is 0 Å². The van der Waals surface area contributed by atoms with E-state index in [1.165, 1.54) is 0 Å². The number of halogens is 2. The molecule has 2 nitrogen and oxygen atoms in total. The molecule has 0 amide bonds. The largest absolute Gasteiger partial charge is 0.421 e. The summed E-state index contributed by atoms with van der Waals surface area (Å²) in [5.41, 5.74) is 1.94. The predicted octanol–water partition coefficient (Wildman–Crippen LogP) is 2.98. The van der Waals surface area contributed by atoms with Crippen LogP contribution in [0.1, 0.15) is 19.3 Å². The van der Waals surface area contributed by atoms with Crippen LogP contribution < -0.4 is 0 Å². The molecule has 0 aromatic heterocycles. The molecule has 2 rings (SSSR count). The zero-order valence-electron chi connectivity index (χ0n) is 6.19. The Morgan fingerprint density at radius 3 is 2.58 bits per heavy atom. The Morgan fingerprint density at radius 1 is 1.25 bits per heavy atom. The van der Waals surface area contributed by atoms with Gasteiger partial charge >= 0.3 is 5.97 Å². The molecule has 0 radical (unpaired) electrons. The molecule has 2 aliphatic rings. The van der Waals surface area contributed by atoms with E-state index in [-0.39, 0.29) is 5.97 Å². The van der Waals surface area contributed by atoms with Crippen molar-refractivity contribution in [2.45, 2.75) is 19.3 Å². The molecule has 1 heterocycles. The Balaban J connectivity index is 2.47. The molecule has 0 aromatic rings. The highest BCUT2D eigenvalue weighted by molar-refractivity contribution is 9.28. The Labute approximate surface area is 86.9 Å². The average Bonchev–Trinajstić information content (AvgIpc) is 2.53. The van der Waals surface area contributed by atoms with Crippen molar-refractivity contribution in [1.82, 2.24) is 0 Å². The summed E-state index contributed by atoms with van der Waals surface area (Å²) >= 11 is 6.50. The predicted molar refractivity (Wildman–Crippen MR) is 51.8 cm³/mol. The molecule has 64 valence electrons. The van der Waals surface area contributed by atoms with E-state index in [1.807, 2.05) is 0 Å². The molecular weight excluding hydrogens is 288 g/mol. The van der Waals surface area contributed by atoms with Crippen molar-refractivity contribution in [3.8, 4) is 0 Å². The Bertz CT molecular complexity index is 311. The molecule has 4 heteroatoms. The first-order chi connectivity index (χ1) is 5.70. The van der Waals surface area contributed by atoms with Crippen LogP contribution in [-0.2, 0) is 9.53 Å². The van der Waals surface area contributed by atoms with E-state index < -0.39 is 0 Å². The summed E-state index contributed by atoms with van der Waals surface area (Å²) in [6.07, 6.45) is 2.89. The lowest BCUT2D eigenvalue weighted by Crippen LogP contribution is -1.98. The fourth-order valence-electron chi connectivity index (χ4n) is 1.59. The minimum Gasteiger partial charge on any atom is -0.421 e. The van der Waals surface area contributed by atoms with E-state index in [9.17, 15) is 4.79 Å². The van der Waals surface area contributed by atoms with E-state index in [4.69, 9.17) is 4.74 Å². The minimum absolute atomic E-state index is 0.172. The fraction of sp³-hybridized carbons (Fsp3) is 0.375. The zero-order chi connectivity index (χ0) is 8.72. The number of esters is 1. The number of cyclic esters (lactones) is 1. The van der Waals surface area contributed by atoms with Gasteiger partial charge in [-0.1, -0.05) is 0 Å². The Hall–Kier alpha value is -0.0900. The highest BCUT2D eigenvalue weighted by Crippen LogP contribution is 2.41. The maximum absolute atomic E-state index is 11.2. The number of hydrogen-bond donors (Lipinski definition) is 0. The summed E-state index contributed by atoms with van der Waals surface area (Å²) in [5, 5.41) is 0. The first kappa shape index (κ1) is 8.51. The molecule has 12 heavy (non-hydrogen) atoms. The second-order valence-corrected chi connectivity index (χ2v) is 5.44. The van der Waals surface area contributed by atoms with Crippen LogP contribution in [0.25, 0.3) is 0 Å². The van der Waals surface area contributed by atoms with Gasteiger partial charge in [-0.15, -0.1) is 0 Å². The van der Waals surface area contributed by atoms with Crippen molar-refractivity contribution >= 4 is 37.8 Å². The summed E-state index contributed by atoms with van der Waals surface area (Å²) in [7, 11) is 0. The van der Waals surface area contributed by atoms with Gasteiger partial charge in [-0.2, -0.15) is 0 Å². The zero-order valence-corrected chi connectivity index (χ0v) is 9.37. The molecule has 1 aliphatic carbocycles. The van der Waals surface area contributed by atoms with Gasteiger partial charge in [0.25, 0.3) is 0 Å². The number of hydrogen-bond acceptors (Lipinski definition) is 2. The van der Waals surface area contributed by atoms with Crippen LogP contribution in [0.5, 0.6) is 0 Å². The molecule has 0 unspecified atom stereocenters. The number of rotatable bonds is 0. The Kier molecular flexibility index (Phi) is 2.12. The van der Waals surface area contributed by atoms with Gasteiger partial charge in [0, 0.05) is 11.1 Å². The van der Waals surface area contributed by atoms with Crippen LogP contribution in [0, 0.1) is 0 Å². The van der Waals surface area contributed by atoms with Gasteiger partial charge in [0.1, 0.15) is 3.39 Å². The first-order valence-corrected chi connectivity index (χ1v) is 5.28. The van der Waals surface area contributed by atoms with Gasteiger partial charge in [0.2, 0.25) is 0 Å². The second-order valence-electron chi connectivity index (χ2n) is 2.79. The molecule has 0 bridgehead atoms. The molecule has 0 fully saturated rings. The lowest BCUT2D eigenvalue weighted by molar-refractivity contribution is -0.133. The van der Waals surface area contributed by atoms with Gasteiger partial charge in [-0.3, -0.25) is 0 Å². The smallest absolute Gasteiger partial charge is 0.339 e. The van der Waals surface area contributed by atoms with Gasteiger partial charge in [-0.25, -0.2) is 4.79 Å². The second kappa shape index (κ2) is 3.00. The summed E-state index contributed by atoms with van der Waals surface area (Å²) in [5.74, 6) is 0.501. The van der Waals surface area contributed by atoms with E-state index in [2.05, 4.69) is 31.9 Å². The quantitative estimate of drug-likeness (QED) is 0.642. The third-order valence-electron chi connectivity index (χ3n) is 2.10. The van der Waals surface area contributed by atoms with Crippen molar-refractivity contribution in [3.63, 3.8) is 0 Å². The lowest BCUT2D eigenvalue weighted by Gasteiger charge is -2.01. The molecule has 0 aromatic carbocycles. The molecule has 0 saturated heterocycles. The van der Waals surface area contributed by atoms with Crippen LogP contribution in [0.3, 0.4) is 0 Å². The molecule has 0 N–H and O–H groups in total. The van der Waals surface area contributed by atoms with E-state index in [0.717, 1.165) is 33.8 Å². The van der Waals surface area contributed by atoms with Crippen molar-refractivity contribution in [3.05, 3.63) is 20.3 Å². The number of carbonyl (C=O) groups excluding carboxylic acids is 1. The average molecular weight is 294 g/mol. The van der Waals surface area contributed by atoms with E-state index >= 15 is 0 Å². The molecule has 0 saturated carbocycles. The maximum Gasteiger partial charge on any atom is 0.339 e. The number of carbonyl (C=O) groups is 1. The van der Waals surface area contributed by atoms with Crippen LogP contribution >= 0.6 is 31.9 Å². The van der Waals surface area contributed by atoms with E-state index in [1.54, 1.807) is 0 Å². The SMILES string of the molecule is O=C1OC(=C(Br)Br)C2=C1CCC2. The molecule has 0 atom stereocenters. The monoisotopic (exact) mass is 292 g/mol. The highest BCUT2D eigenvalue weighted by Gasteiger charge is 2.33. The molecule has 0 spiro atoms. The van der Waals surface area contributed by atoms with Gasteiger partial charge < -0.3 is 4.74 Å². The third kappa shape index (κ3) is 1.17. The molecular formula is C8H6Br2O2. The maximum atomic E-state index is 11.2. The number of allylic oxidation sites excluding steroid dienone is 1. The summed E-state index contributed by atoms with van der Waals surface area (Å²) < 4.78 is 5.79. The standard InChI is InChI=1S/C8H6Br2O2/c9-7(10)6-4-2-1-3-5(4)8(11)12-6/h1-3H2. The number of ether oxygens (including phenoxy) is 1.